The molecule has 1 aliphatic heterocycles. The van der Waals surface area contributed by atoms with Crippen LogP contribution in [0.3, 0.4) is 0 Å². The van der Waals surface area contributed by atoms with E-state index in [2.05, 4.69) is 4.99 Å². The summed E-state index contributed by atoms with van der Waals surface area (Å²) in [5.74, 6) is -0.108. The van der Waals surface area contributed by atoms with Gasteiger partial charge in [-0.2, -0.15) is 0 Å². The summed E-state index contributed by atoms with van der Waals surface area (Å²) < 4.78 is 13.4. The third-order valence-corrected chi connectivity index (χ3v) is 4.65. The number of carbonyl (C=O) groups excluding carboxylic acids is 1. The Morgan fingerprint density at radius 2 is 1.71 bits per heavy atom. The van der Waals surface area contributed by atoms with Crippen molar-refractivity contribution in [3.05, 3.63) is 106 Å². The minimum absolute atomic E-state index is 0.236. The number of hydrogen-bond donors (Lipinski definition) is 0. The van der Waals surface area contributed by atoms with Gasteiger partial charge in [-0.1, -0.05) is 35.9 Å². The molecular formula is C23H16ClFN2O. The molecule has 0 radical (unpaired) electrons. The number of aliphatic imine (C=N–C) groups is 1. The fourth-order valence-electron chi connectivity index (χ4n) is 3.03. The number of hydrogen-bond acceptors (Lipinski definition) is 2. The highest BCUT2D eigenvalue weighted by Gasteiger charge is 2.32. The van der Waals surface area contributed by atoms with Crippen LogP contribution in [0, 0.1) is 12.7 Å². The highest BCUT2D eigenvalue weighted by atomic mass is 35.5. The lowest BCUT2D eigenvalue weighted by Crippen LogP contribution is -2.32. The van der Waals surface area contributed by atoms with Crippen molar-refractivity contribution in [1.29, 1.82) is 0 Å². The quantitative estimate of drug-likeness (QED) is 0.534. The van der Waals surface area contributed by atoms with Crippen LogP contribution in [-0.2, 0) is 4.79 Å². The van der Waals surface area contributed by atoms with E-state index in [1.165, 1.54) is 12.1 Å². The second-order valence-electron chi connectivity index (χ2n) is 6.50. The number of carbonyl (C=O) groups is 1. The standard InChI is InChI=1S/C23H16ClFN2O/c1-15-3-2-4-20(13-15)27-22(17-7-11-19(25)12-8-17)26-21(23(27)28)14-16-5-9-18(24)10-6-16/h2-14H,1H3/b21-14+. The summed E-state index contributed by atoms with van der Waals surface area (Å²) in [7, 11) is 0. The van der Waals surface area contributed by atoms with E-state index < -0.39 is 0 Å². The van der Waals surface area contributed by atoms with Gasteiger partial charge < -0.3 is 0 Å². The summed E-state index contributed by atoms with van der Waals surface area (Å²) in [4.78, 5) is 19.3. The van der Waals surface area contributed by atoms with Crippen LogP contribution in [0.1, 0.15) is 16.7 Å². The fourth-order valence-corrected chi connectivity index (χ4v) is 3.16. The van der Waals surface area contributed by atoms with Crippen LogP contribution in [0.15, 0.2) is 83.5 Å². The second kappa shape index (κ2) is 7.41. The fraction of sp³-hybridized carbons (Fsp3) is 0.0435. The maximum Gasteiger partial charge on any atom is 0.282 e. The van der Waals surface area contributed by atoms with Crippen molar-refractivity contribution in [2.24, 2.45) is 4.99 Å². The summed E-state index contributed by atoms with van der Waals surface area (Å²) in [5, 5.41) is 0.622. The third-order valence-electron chi connectivity index (χ3n) is 4.40. The lowest BCUT2D eigenvalue weighted by molar-refractivity contribution is -0.113. The van der Waals surface area contributed by atoms with Gasteiger partial charge in [0.05, 0.1) is 5.69 Å². The molecule has 0 atom stereocenters. The van der Waals surface area contributed by atoms with Crippen molar-refractivity contribution in [1.82, 2.24) is 0 Å². The smallest absolute Gasteiger partial charge is 0.266 e. The van der Waals surface area contributed by atoms with Gasteiger partial charge in [-0.3, -0.25) is 9.69 Å². The van der Waals surface area contributed by atoms with E-state index >= 15 is 0 Å². The molecule has 0 saturated carbocycles. The number of amides is 1. The molecule has 0 N–H and O–H groups in total. The summed E-state index contributed by atoms with van der Waals surface area (Å²) >= 11 is 5.94. The van der Waals surface area contributed by atoms with Crippen LogP contribution < -0.4 is 4.90 Å². The van der Waals surface area contributed by atoms with E-state index in [0.29, 0.717) is 27.8 Å². The molecule has 0 saturated heterocycles. The van der Waals surface area contributed by atoms with E-state index in [0.717, 1.165) is 11.1 Å². The molecular weight excluding hydrogens is 375 g/mol. The predicted octanol–water partition coefficient (Wildman–Crippen LogP) is 5.62. The number of nitrogens with zero attached hydrogens (tertiary/aromatic N) is 2. The molecule has 138 valence electrons. The van der Waals surface area contributed by atoms with Crippen LogP contribution in [0.5, 0.6) is 0 Å². The lowest BCUT2D eigenvalue weighted by Gasteiger charge is -2.19. The van der Waals surface area contributed by atoms with E-state index in [4.69, 9.17) is 11.6 Å². The van der Waals surface area contributed by atoms with E-state index in [1.807, 2.05) is 43.3 Å². The van der Waals surface area contributed by atoms with Crippen molar-refractivity contribution in [2.75, 3.05) is 4.90 Å². The van der Waals surface area contributed by atoms with Gasteiger partial charge in [-0.25, -0.2) is 9.38 Å². The van der Waals surface area contributed by atoms with Gasteiger partial charge in [0.15, 0.2) is 0 Å². The number of rotatable bonds is 3. The molecule has 0 aromatic heterocycles. The lowest BCUT2D eigenvalue weighted by atomic mass is 10.1. The maximum atomic E-state index is 13.4. The monoisotopic (exact) mass is 390 g/mol. The molecule has 5 heteroatoms. The summed E-state index contributed by atoms with van der Waals surface area (Å²) in [5.41, 5.74) is 3.53. The number of anilines is 1. The Morgan fingerprint density at radius 3 is 2.39 bits per heavy atom. The molecule has 3 aromatic carbocycles. The molecule has 1 heterocycles. The van der Waals surface area contributed by atoms with Crippen LogP contribution in [0.2, 0.25) is 5.02 Å². The normalized spacial score (nSPS) is 15.2. The van der Waals surface area contributed by atoms with Crippen molar-refractivity contribution in [3.63, 3.8) is 0 Å². The minimum Gasteiger partial charge on any atom is -0.266 e. The van der Waals surface area contributed by atoms with Crippen LogP contribution in [0.25, 0.3) is 6.08 Å². The predicted molar refractivity (Wildman–Crippen MR) is 111 cm³/mol. The first-order valence-electron chi connectivity index (χ1n) is 8.74. The zero-order chi connectivity index (χ0) is 19.7. The molecule has 0 unspecified atom stereocenters. The van der Waals surface area contributed by atoms with Gasteiger partial charge in [0.2, 0.25) is 0 Å². The van der Waals surface area contributed by atoms with Crippen molar-refractivity contribution < 1.29 is 9.18 Å². The van der Waals surface area contributed by atoms with E-state index in [9.17, 15) is 9.18 Å². The zero-order valence-corrected chi connectivity index (χ0v) is 15.8. The van der Waals surface area contributed by atoms with E-state index in [1.54, 1.807) is 35.2 Å². The van der Waals surface area contributed by atoms with Crippen molar-refractivity contribution in [3.8, 4) is 0 Å². The number of halogens is 2. The molecule has 0 bridgehead atoms. The van der Waals surface area contributed by atoms with Crippen LogP contribution >= 0.6 is 11.6 Å². The van der Waals surface area contributed by atoms with E-state index in [-0.39, 0.29) is 11.7 Å². The molecule has 0 spiro atoms. The molecule has 28 heavy (non-hydrogen) atoms. The molecule has 4 rings (SSSR count). The van der Waals surface area contributed by atoms with Gasteiger partial charge in [-0.15, -0.1) is 0 Å². The molecule has 3 nitrogen and oxygen atoms in total. The Kier molecular flexibility index (Phi) is 4.80. The third kappa shape index (κ3) is 3.59. The first-order valence-corrected chi connectivity index (χ1v) is 9.12. The number of benzene rings is 3. The SMILES string of the molecule is Cc1cccc(N2C(=O)/C(=C\c3ccc(Cl)cc3)N=C2c2ccc(F)cc2)c1. The Balaban J connectivity index is 1.82. The number of aryl methyl sites for hydroxylation is 1. The number of amidine groups is 1. The Bertz CT molecular complexity index is 1100. The molecule has 0 aliphatic carbocycles. The highest BCUT2D eigenvalue weighted by Crippen LogP contribution is 2.28. The summed E-state index contributed by atoms with van der Waals surface area (Å²) in [6.07, 6.45) is 1.72. The summed E-state index contributed by atoms with van der Waals surface area (Å²) in [6.45, 7) is 1.96. The largest absolute Gasteiger partial charge is 0.282 e. The van der Waals surface area contributed by atoms with Crippen molar-refractivity contribution >= 4 is 35.1 Å². The van der Waals surface area contributed by atoms with Crippen molar-refractivity contribution in [2.45, 2.75) is 6.92 Å². The summed E-state index contributed by atoms with van der Waals surface area (Å²) in [6, 6.07) is 20.8. The van der Waals surface area contributed by atoms with Gasteiger partial charge in [0.1, 0.15) is 17.3 Å². The average Bonchev–Trinajstić information content (AvgIpc) is 3.00. The first kappa shape index (κ1) is 18.1. The second-order valence-corrected chi connectivity index (χ2v) is 6.94. The zero-order valence-electron chi connectivity index (χ0n) is 15.1. The Morgan fingerprint density at radius 1 is 1.00 bits per heavy atom. The minimum atomic E-state index is -0.340. The highest BCUT2D eigenvalue weighted by molar-refractivity contribution is 6.33. The maximum absolute atomic E-state index is 13.4. The molecule has 1 amide bonds. The van der Waals surface area contributed by atoms with Gasteiger partial charge >= 0.3 is 0 Å². The first-order chi connectivity index (χ1) is 13.5. The topological polar surface area (TPSA) is 32.7 Å². The Hall–Kier alpha value is -3.24. The Labute approximate surface area is 167 Å². The molecule has 0 fully saturated rings. The van der Waals surface area contributed by atoms with Gasteiger partial charge in [-0.05, 0) is 72.7 Å². The van der Waals surface area contributed by atoms with Crippen LogP contribution in [-0.4, -0.2) is 11.7 Å². The van der Waals surface area contributed by atoms with Gasteiger partial charge in [0.25, 0.3) is 5.91 Å². The van der Waals surface area contributed by atoms with Gasteiger partial charge in [0, 0.05) is 10.6 Å². The molecule has 1 aliphatic rings. The van der Waals surface area contributed by atoms with Crippen LogP contribution in [0.4, 0.5) is 10.1 Å². The molecule has 3 aromatic rings. The average molecular weight is 391 g/mol.